The second kappa shape index (κ2) is 7.77. The maximum Gasteiger partial charge on any atom is 0.341 e. The zero-order valence-electron chi connectivity index (χ0n) is 14.4. The number of ether oxygens (including phenoxy) is 1. The predicted molar refractivity (Wildman–Crippen MR) is 91.7 cm³/mol. The molecule has 0 aliphatic carbocycles. The van der Waals surface area contributed by atoms with Gasteiger partial charge in [0.15, 0.2) is 0 Å². The molecule has 1 amide bonds. The van der Waals surface area contributed by atoms with Crippen molar-refractivity contribution in [3.05, 3.63) is 16.5 Å². The van der Waals surface area contributed by atoms with Gasteiger partial charge in [0, 0.05) is 11.3 Å². The molecule has 1 heterocycles. The fourth-order valence-electron chi connectivity index (χ4n) is 2.34. The smallest absolute Gasteiger partial charge is 0.341 e. The van der Waals surface area contributed by atoms with Gasteiger partial charge in [-0.1, -0.05) is 34.6 Å². The molecule has 0 aliphatic rings. The average molecular weight is 325 g/mol. The van der Waals surface area contributed by atoms with Crippen LogP contribution in [0.3, 0.4) is 0 Å². The number of carbonyl (C=O) groups excluding carboxylic acids is 2. The number of nitrogens with one attached hydrogen (secondary N) is 1. The maximum absolute atomic E-state index is 12.1. The Labute approximate surface area is 137 Å². The number of amides is 1. The van der Waals surface area contributed by atoms with E-state index in [1.165, 1.54) is 11.3 Å². The zero-order valence-corrected chi connectivity index (χ0v) is 15.2. The summed E-state index contributed by atoms with van der Waals surface area (Å²) in [6.45, 7) is 12.6. The number of anilines is 1. The molecule has 1 aromatic heterocycles. The topological polar surface area (TPSA) is 55.4 Å². The Hall–Kier alpha value is -1.36. The van der Waals surface area contributed by atoms with Gasteiger partial charge >= 0.3 is 5.97 Å². The van der Waals surface area contributed by atoms with Crippen molar-refractivity contribution in [2.75, 3.05) is 11.9 Å². The molecule has 0 radical (unpaired) electrons. The summed E-state index contributed by atoms with van der Waals surface area (Å²) in [5, 5.41) is 3.41. The summed E-state index contributed by atoms with van der Waals surface area (Å²) in [6.07, 6.45) is 1.39. The minimum atomic E-state index is -0.376. The van der Waals surface area contributed by atoms with Gasteiger partial charge in [0.05, 0.1) is 12.2 Å². The van der Waals surface area contributed by atoms with Crippen molar-refractivity contribution in [1.82, 2.24) is 0 Å². The first-order valence-electron chi connectivity index (χ1n) is 7.78. The molecule has 1 unspecified atom stereocenters. The van der Waals surface area contributed by atoms with Crippen molar-refractivity contribution >= 4 is 28.2 Å². The normalized spacial score (nSPS) is 12.8. The highest BCUT2D eigenvalue weighted by Crippen LogP contribution is 2.38. The fraction of sp³-hybridized carbons (Fsp3) is 0.647. The van der Waals surface area contributed by atoms with Crippen molar-refractivity contribution in [1.29, 1.82) is 0 Å². The molecule has 1 rings (SSSR count). The third-order valence-electron chi connectivity index (χ3n) is 3.22. The van der Waals surface area contributed by atoms with E-state index in [2.05, 4.69) is 33.0 Å². The minimum absolute atomic E-state index is 0.0950. The second-order valence-corrected chi connectivity index (χ2v) is 7.76. The molecule has 4 nitrogen and oxygen atoms in total. The molecule has 0 saturated carbocycles. The summed E-state index contributed by atoms with van der Waals surface area (Å²) in [4.78, 5) is 24.9. The summed E-state index contributed by atoms with van der Waals surface area (Å²) < 4.78 is 5.09. The van der Waals surface area contributed by atoms with Gasteiger partial charge < -0.3 is 10.1 Å². The fourth-order valence-corrected chi connectivity index (χ4v) is 3.45. The molecular weight excluding hydrogens is 298 g/mol. The van der Waals surface area contributed by atoms with Gasteiger partial charge in [0.1, 0.15) is 5.00 Å². The molecule has 0 aliphatic heterocycles. The van der Waals surface area contributed by atoms with Gasteiger partial charge in [-0.05, 0) is 30.7 Å². The van der Waals surface area contributed by atoms with Crippen LogP contribution in [0.4, 0.5) is 5.00 Å². The van der Waals surface area contributed by atoms with Crippen LogP contribution in [-0.4, -0.2) is 18.5 Å². The van der Waals surface area contributed by atoms with Crippen LogP contribution in [0.25, 0.3) is 0 Å². The molecule has 5 heteroatoms. The lowest BCUT2D eigenvalue weighted by Crippen LogP contribution is -2.12. The van der Waals surface area contributed by atoms with E-state index < -0.39 is 0 Å². The molecule has 1 N–H and O–H groups in total. The van der Waals surface area contributed by atoms with Crippen LogP contribution in [0.2, 0.25) is 0 Å². The van der Waals surface area contributed by atoms with E-state index in [-0.39, 0.29) is 17.3 Å². The molecule has 0 spiro atoms. The number of hydrogen-bond donors (Lipinski definition) is 1. The molecule has 1 atom stereocenters. The number of esters is 1. The van der Waals surface area contributed by atoms with E-state index in [9.17, 15) is 9.59 Å². The van der Waals surface area contributed by atoms with Gasteiger partial charge in [0.25, 0.3) is 0 Å². The van der Waals surface area contributed by atoms with Gasteiger partial charge in [-0.3, -0.25) is 4.79 Å². The lowest BCUT2D eigenvalue weighted by Gasteiger charge is -2.22. The predicted octanol–water partition coefficient (Wildman–Crippen LogP) is 4.81. The first-order valence-corrected chi connectivity index (χ1v) is 8.60. The van der Waals surface area contributed by atoms with Crippen molar-refractivity contribution in [2.24, 2.45) is 5.41 Å². The lowest BCUT2D eigenvalue weighted by molar-refractivity contribution is -0.115. The van der Waals surface area contributed by atoms with E-state index in [0.717, 1.165) is 11.3 Å². The Bertz CT molecular complexity index is 528. The number of carbonyl (C=O) groups is 2. The van der Waals surface area contributed by atoms with Crippen LogP contribution in [0.15, 0.2) is 6.07 Å². The minimum Gasteiger partial charge on any atom is -0.462 e. The number of hydrogen-bond acceptors (Lipinski definition) is 4. The lowest BCUT2D eigenvalue weighted by atomic mass is 9.85. The highest BCUT2D eigenvalue weighted by molar-refractivity contribution is 7.16. The zero-order chi connectivity index (χ0) is 16.9. The van der Waals surface area contributed by atoms with Crippen molar-refractivity contribution < 1.29 is 14.3 Å². The summed E-state index contributed by atoms with van der Waals surface area (Å²) in [6, 6.07) is 1.87. The van der Waals surface area contributed by atoms with Crippen LogP contribution in [0.1, 0.15) is 75.5 Å². The summed E-state index contributed by atoms with van der Waals surface area (Å²) in [5.41, 5.74) is 0.671. The van der Waals surface area contributed by atoms with Crippen molar-refractivity contribution in [3.8, 4) is 0 Å². The third-order valence-corrected chi connectivity index (χ3v) is 4.51. The van der Waals surface area contributed by atoms with Crippen molar-refractivity contribution in [2.45, 2.75) is 60.3 Å². The molecule has 0 aromatic carbocycles. The van der Waals surface area contributed by atoms with Gasteiger partial charge in [-0.2, -0.15) is 0 Å². The highest BCUT2D eigenvalue weighted by Gasteiger charge is 2.23. The quantitative estimate of drug-likeness (QED) is 0.763. The van der Waals surface area contributed by atoms with Crippen molar-refractivity contribution in [3.63, 3.8) is 0 Å². The van der Waals surface area contributed by atoms with Gasteiger partial charge in [-0.25, -0.2) is 4.79 Å². The van der Waals surface area contributed by atoms with Gasteiger partial charge in [0.2, 0.25) is 5.91 Å². The Morgan fingerprint density at radius 3 is 2.45 bits per heavy atom. The largest absolute Gasteiger partial charge is 0.462 e. The molecule has 124 valence electrons. The molecule has 0 fully saturated rings. The SMILES string of the molecule is CCOC(=O)c1cc(C(C)CC(C)(C)C)sc1NC(=O)CC. The molecule has 22 heavy (non-hydrogen) atoms. The van der Waals surface area contributed by atoms with E-state index in [1.807, 2.05) is 6.07 Å². The molecule has 1 aromatic rings. The van der Waals surface area contributed by atoms with Gasteiger partial charge in [-0.15, -0.1) is 11.3 Å². The Kier molecular flexibility index (Phi) is 6.60. The maximum atomic E-state index is 12.1. The Morgan fingerprint density at radius 1 is 1.32 bits per heavy atom. The van der Waals surface area contributed by atoms with E-state index in [4.69, 9.17) is 4.74 Å². The second-order valence-electron chi connectivity index (χ2n) is 6.68. The Morgan fingerprint density at radius 2 is 1.95 bits per heavy atom. The standard InChI is InChI=1S/C17H27NO3S/c1-7-14(19)18-15-12(16(20)21-8-2)9-13(22-15)11(3)10-17(4,5)6/h9,11H,7-8,10H2,1-6H3,(H,18,19). The third kappa shape index (κ3) is 5.44. The van der Waals surface area contributed by atoms with Crippen LogP contribution in [0.5, 0.6) is 0 Å². The van der Waals surface area contributed by atoms with E-state index in [0.29, 0.717) is 29.5 Å². The van der Waals surface area contributed by atoms with Crippen LogP contribution in [0, 0.1) is 5.41 Å². The average Bonchev–Trinajstić information content (AvgIpc) is 2.81. The number of rotatable bonds is 6. The van der Waals surface area contributed by atoms with E-state index in [1.54, 1.807) is 13.8 Å². The number of thiophene rings is 1. The van der Waals surface area contributed by atoms with E-state index >= 15 is 0 Å². The van der Waals surface area contributed by atoms with Crippen LogP contribution < -0.4 is 5.32 Å². The first kappa shape index (κ1) is 18.7. The summed E-state index contributed by atoms with van der Waals surface area (Å²) in [7, 11) is 0. The Balaban J connectivity index is 3.08. The monoisotopic (exact) mass is 325 g/mol. The van der Waals surface area contributed by atoms with Crippen LogP contribution >= 0.6 is 11.3 Å². The molecular formula is C17H27NO3S. The first-order chi connectivity index (χ1) is 10.2. The summed E-state index contributed by atoms with van der Waals surface area (Å²) >= 11 is 1.47. The molecule has 0 bridgehead atoms. The molecule has 0 saturated heterocycles. The highest BCUT2D eigenvalue weighted by atomic mass is 32.1. The van der Waals surface area contributed by atoms with Crippen LogP contribution in [-0.2, 0) is 9.53 Å². The summed E-state index contributed by atoms with van der Waals surface area (Å²) in [5.74, 6) is -0.146.